The molecule has 0 spiro atoms. The Balaban J connectivity index is 0.000000151. The molecule has 0 unspecified atom stereocenters. The van der Waals surface area contributed by atoms with E-state index >= 15 is 0 Å². The molecule has 0 saturated carbocycles. The fourth-order valence-electron chi connectivity index (χ4n) is 3.31. The smallest absolute Gasteiger partial charge is 0.351 e. The fraction of sp³-hybridized carbons (Fsp3) is 0.238. The van der Waals surface area contributed by atoms with Crippen LogP contribution in [0.15, 0.2) is 75.4 Å². The number of benzene rings is 2. The summed E-state index contributed by atoms with van der Waals surface area (Å²) in [5, 5.41) is 31.6. The maximum Gasteiger partial charge on any atom is 0.351 e. The van der Waals surface area contributed by atoms with Crippen molar-refractivity contribution in [2.45, 2.75) is 34.3 Å². The van der Waals surface area contributed by atoms with Gasteiger partial charge < -0.3 is 31.1 Å². The highest BCUT2D eigenvalue weighted by Crippen LogP contribution is 2.43. The van der Waals surface area contributed by atoms with E-state index in [1.807, 2.05) is 11.8 Å². The van der Waals surface area contributed by atoms with Crippen molar-refractivity contribution in [3.05, 3.63) is 71.3 Å². The zero-order chi connectivity index (χ0) is 22.0. The van der Waals surface area contributed by atoms with Gasteiger partial charge in [-0.2, -0.15) is 4.98 Å². The lowest BCUT2D eigenvalue weighted by Gasteiger charge is -2.19. The van der Waals surface area contributed by atoms with E-state index in [-0.39, 0.29) is 5.82 Å². The molecule has 1 aromatic heterocycles. The summed E-state index contributed by atoms with van der Waals surface area (Å²) in [7, 11) is 0. The minimum absolute atomic E-state index is 0.0537. The van der Waals surface area contributed by atoms with Gasteiger partial charge in [-0.3, -0.25) is 4.57 Å². The normalized spacial score (nSPS) is 23.7. The summed E-state index contributed by atoms with van der Waals surface area (Å²) in [4.78, 5) is 17.6. The largest absolute Gasteiger partial charge is 0.394 e. The van der Waals surface area contributed by atoms with Crippen molar-refractivity contribution in [2.75, 3.05) is 17.7 Å². The highest BCUT2D eigenvalue weighted by molar-refractivity contribution is 7.99. The summed E-state index contributed by atoms with van der Waals surface area (Å²) in [6.45, 7) is -0.453. The molecule has 162 valence electrons. The molecule has 1 saturated heterocycles. The van der Waals surface area contributed by atoms with Gasteiger partial charge in [0.15, 0.2) is 6.23 Å². The molecule has 0 aliphatic carbocycles. The number of nitrogens with one attached hydrogen (secondary N) is 1. The first-order chi connectivity index (χ1) is 15.0. The average molecular weight is 442 g/mol. The van der Waals surface area contributed by atoms with Crippen LogP contribution in [0.4, 0.5) is 17.2 Å². The van der Waals surface area contributed by atoms with E-state index in [0.29, 0.717) is 0 Å². The first kappa shape index (κ1) is 21.3. The van der Waals surface area contributed by atoms with Gasteiger partial charge in [0.1, 0.15) is 24.1 Å². The van der Waals surface area contributed by atoms with Crippen molar-refractivity contribution in [1.29, 1.82) is 0 Å². The van der Waals surface area contributed by atoms with Crippen LogP contribution in [0.2, 0.25) is 0 Å². The van der Waals surface area contributed by atoms with E-state index in [1.54, 1.807) is 0 Å². The number of fused-ring (bicyclic) bond motifs is 2. The SMILES string of the molecule is Nc1ccn([C@@H]2O[C@H](CO)[C@@H](O)[C@H]2O)c(=O)n1.c1ccc2c(c1)Nc1ccccc1S2. The van der Waals surface area contributed by atoms with E-state index < -0.39 is 36.8 Å². The van der Waals surface area contributed by atoms with Crippen molar-refractivity contribution in [3.8, 4) is 0 Å². The molecule has 10 heteroatoms. The van der Waals surface area contributed by atoms with Crippen molar-refractivity contribution >= 4 is 29.0 Å². The Labute approximate surface area is 182 Å². The van der Waals surface area contributed by atoms with Crippen LogP contribution >= 0.6 is 11.8 Å². The van der Waals surface area contributed by atoms with Gasteiger partial charge in [0.05, 0.1) is 18.0 Å². The molecular weight excluding hydrogens is 420 g/mol. The van der Waals surface area contributed by atoms with E-state index in [0.717, 1.165) is 4.57 Å². The monoisotopic (exact) mass is 442 g/mol. The van der Waals surface area contributed by atoms with Crippen LogP contribution in [-0.4, -0.2) is 49.8 Å². The molecular formula is C21H22N4O5S. The van der Waals surface area contributed by atoms with Crippen LogP contribution in [0.25, 0.3) is 0 Å². The van der Waals surface area contributed by atoms with Crippen molar-refractivity contribution in [2.24, 2.45) is 0 Å². The standard InChI is InChI=1S/C12H9NS.C9H13N3O5/c1-3-7-11-9(5-1)13-10-6-2-4-8-12(10)14-11;10-5-1-2-12(9(16)11-5)8-7(15)6(14)4(3-13)17-8/h1-8,13H;1-2,4,6-8,13-15H,3H2,(H2,10,11,16)/t;4-,6-,7-,8-/m.1/s1. The van der Waals surface area contributed by atoms with Gasteiger partial charge in [0.25, 0.3) is 0 Å². The topological polar surface area (TPSA) is 143 Å². The van der Waals surface area contributed by atoms with Crippen LogP contribution in [-0.2, 0) is 4.74 Å². The maximum absolute atomic E-state index is 11.5. The summed E-state index contributed by atoms with van der Waals surface area (Å²) in [5.74, 6) is 0.0537. The van der Waals surface area contributed by atoms with Crippen LogP contribution in [0.3, 0.4) is 0 Å². The third-order valence-electron chi connectivity index (χ3n) is 4.91. The number of nitrogens with zero attached hydrogens (tertiary/aromatic N) is 2. The molecule has 5 rings (SSSR count). The second-order valence-corrected chi connectivity index (χ2v) is 8.07. The van der Waals surface area contributed by atoms with Gasteiger partial charge >= 0.3 is 5.69 Å². The summed E-state index contributed by atoms with van der Waals surface area (Å²) >= 11 is 1.82. The number of anilines is 3. The Hall–Kier alpha value is -2.89. The number of para-hydroxylation sites is 2. The lowest BCUT2D eigenvalue weighted by atomic mass is 10.1. The van der Waals surface area contributed by atoms with Gasteiger partial charge in [0, 0.05) is 16.0 Å². The second kappa shape index (κ2) is 9.08. The highest BCUT2D eigenvalue weighted by atomic mass is 32.2. The molecule has 2 aliphatic heterocycles. The van der Waals surface area contributed by atoms with E-state index in [4.69, 9.17) is 15.6 Å². The number of ether oxygens (including phenoxy) is 1. The molecule has 0 amide bonds. The first-order valence-electron chi connectivity index (χ1n) is 9.58. The number of nitrogen functional groups attached to an aromatic ring is 1. The fourth-order valence-corrected chi connectivity index (χ4v) is 4.30. The van der Waals surface area contributed by atoms with Crippen molar-refractivity contribution in [3.63, 3.8) is 0 Å². The van der Waals surface area contributed by atoms with Crippen LogP contribution in [0.1, 0.15) is 6.23 Å². The van der Waals surface area contributed by atoms with Crippen molar-refractivity contribution in [1.82, 2.24) is 9.55 Å². The number of aliphatic hydroxyl groups excluding tert-OH is 3. The van der Waals surface area contributed by atoms with Gasteiger partial charge in [-0.15, -0.1) is 0 Å². The summed E-state index contributed by atoms with van der Waals surface area (Å²) in [6.07, 6.45) is -3.27. The van der Waals surface area contributed by atoms with Crippen LogP contribution < -0.4 is 16.7 Å². The van der Waals surface area contributed by atoms with Gasteiger partial charge in [0.2, 0.25) is 0 Å². The minimum atomic E-state index is -1.31. The van der Waals surface area contributed by atoms with Gasteiger partial charge in [-0.25, -0.2) is 4.79 Å². The Morgan fingerprint density at radius 3 is 2.19 bits per heavy atom. The number of aliphatic hydroxyl groups is 3. The van der Waals surface area contributed by atoms with Gasteiger partial charge in [-0.1, -0.05) is 36.0 Å². The number of hydrogen-bond donors (Lipinski definition) is 5. The lowest BCUT2D eigenvalue weighted by molar-refractivity contribution is -0.0549. The third-order valence-corrected chi connectivity index (χ3v) is 6.06. The Morgan fingerprint density at radius 1 is 1.03 bits per heavy atom. The van der Waals surface area contributed by atoms with E-state index in [2.05, 4.69) is 58.8 Å². The molecule has 0 radical (unpaired) electrons. The van der Waals surface area contributed by atoms with Crippen molar-refractivity contribution < 1.29 is 20.1 Å². The Kier molecular flexibility index (Phi) is 6.25. The molecule has 6 N–H and O–H groups in total. The molecule has 31 heavy (non-hydrogen) atoms. The Morgan fingerprint density at radius 2 is 1.65 bits per heavy atom. The molecule has 3 aromatic rings. The second-order valence-electron chi connectivity index (χ2n) is 6.99. The number of aromatic nitrogens is 2. The highest BCUT2D eigenvalue weighted by Gasteiger charge is 2.43. The first-order valence-corrected chi connectivity index (χ1v) is 10.4. The number of hydrogen-bond acceptors (Lipinski definition) is 9. The Bertz CT molecular complexity index is 1040. The zero-order valence-corrected chi connectivity index (χ0v) is 17.1. The maximum atomic E-state index is 11.5. The van der Waals surface area contributed by atoms with E-state index in [1.165, 1.54) is 33.4 Å². The minimum Gasteiger partial charge on any atom is -0.394 e. The molecule has 3 heterocycles. The molecule has 1 fully saturated rings. The summed E-state index contributed by atoms with van der Waals surface area (Å²) < 4.78 is 6.19. The predicted molar refractivity (Wildman–Crippen MR) is 116 cm³/mol. The van der Waals surface area contributed by atoms with Gasteiger partial charge in [-0.05, 0) is 30.3 Å². The lowest BCUT2D eigenvalue weighted by Crippen LogP contribution is -2.36. The van der Waals surface area contributed by atoms with Crippen LogP contribution in [0, 0.1) is 0 Å². The molecule has 9 nitrogen and oxygen atoms in total. The molecule has 4 atom stereocenters. The molecule has 2 aromatic carbocycles. The quantitative estimate of drug-likeness (QED) is 0.311. The summed E-state index contributed by atoms with van der Waals surface area (Å²) in [5.41, 5.74) is 7.04. The zero-order valence-electron chi connectivity index (χ0n) is 16.3. The predicted octanol–water partition coefficient (Wildman–Crippen LogP) is 1.33. The number of rotatable bonds is 2. The number of nitrogens with two attached hydrogens (primary N) is 1. The summed E-state index contributed by atoms with van der Waals surface area (Å²) in [6, 6.07) is 18.1. The molecule has 2 aliphatic rings. The van der Waals surface area contributed by atoms with E-state index in [9.17, 15) is 15.0 Å². The van der Waals surface area contributed by atoms with Crippen LogP contribution in [0.5, 0.6) is 0 Å². The third kappa shape index (κ3) is 4.43. The molecule has 0 bridgehead atoms. The average Bonchev–Trinajstić information content (AvgIpc) is 3.06.